The summed E-state index contributed by atoms with van der Waals surface area (Å²) in [7, 11) is 0. The van der Waals surface area contributed by atoms with E-state index in [0.29, 0.717) is 5.69 Å². The lowest BCUT2D eigenvalue weighted by atomic mass is 9.96. The van der Waals surface area contributed by atoms with Crippen LogP contribution in [0, 0.1) is 5.82 Å². The summed E-state index contributed by atoms with van der Waals surface area (Å²) in [5.74, 6) is -3.19. The maximum atomic E-state index is 14.5. The highest BCUT2D eigenvalue weighted by Gasteiger charge is 2.44. The third-order valence-corrected chi connectivity index (χ3v) is 4.44. The summed E-state index contributed by atoms with van der Waals surface area (Å²) in [4.78, 5) is 37.8. The van der Waals surface area contributed by atoms with Crippen molar-refractivity contribution in [1.29, 1.82) is 0 Å². The van der Waals surface area contributed by atoms with Crippen molar-refractivity contribution < 1.29 is 28.6 Å². The zero-order valence-corrected chi connectivity index (χ0v) is 15.3. The molecular weight excluding hydrogens is 365 g/mol. The third kappa shape index (κ3) is 3.26. The summed E-state index contributed by atoms with van der Waals surface area (Å²) < 4.78 is 19.4. The molecule has 7 heteroatoms. The highest BCUT2D eigenvalue weighted by Crippen LogP contribution is 2.41. The van der Waals surface area contributed by atoms with Gasteiger partial charge < -0.3 is 9.84 Å². The van der Waals surface area contributed by atoms with Gasteiger partial charge in [0, 0.05) is 11.3 Å². The number of ketones is 1. The van der Waals surface area contributed by atoms with Crippen molar-refractivity contribution in [3.05, 3.63) is 76.8 Å². The lowest BCUT2D eigenvalue weighted by Gasteiger charge is -2.27. The first-order valence-corrected chi connectivity index (χ1v) is 8.66. The number of carbonyl (C=O) groups is 3. The summed E-state index contributed by atoms with van der Waals surface area (Å²) in [5.41, 5.74) is 0.488. The number of halogens is 1. The van der Waals surface area contributed by atoms with Gasteiger partial charge in [0.15, 0.2) is 11.5 Å². The van der Waals surface area contributed by atoms with E-state index in [1.54, 1.807) is 13.0 Å². The lowest BCUT2D eigenvalue weighted by molar-refractivity contribution is -0.117. The molecule has 2 aromatic rings. The van der Waals surface area contributed by atoms with Crippen molar-refractivity contribution in [2.24, 2.45) is 0 Å². The van der Waals surface area contributed by atoms with Crippen molar-refractivity contribution >= 4 is 23.3 Å². The Labute approximate surface area is 160 Å². The van der Waals surface area contributed by atoms with E-state index >= 15 is 0 Å². The fourth-order valence-electron chi connectivity index (χ4n) is 3.19. The molecule has 1 amide bonds. The van der Waals surface area contributed by atoms with Crippen LogP contribution in [0.4, 0.5) is 10.1 Å². The second kappa shape index (κ2) is 7.64. The Bertz CT molecular complexity index is 981. The molecule has 3 rings (SSSR count). The number of carbonyl (C=O) groups excluding carboxylic acids is 3. The smallest absolute Gasteiger partial charge is 0.338 e. The van der Waals surface area contributed by atoms with Crippen LogP contribution in [0.5, 0.6) is 0 Å². The first-order valence-electron chi connectivity index (χ1n) is 8.66. The summed E-state index contributed by atoms with van der Waals surface area (Å²) >= 11 is 0. The van der Waals surface area contributed by atoms with Crippen LogP contribution in [0.25, 0.3) is 0 Å². The summed E-state index contributed by atoms with van der Waals surface area (Å²) in [6.07, 6.45) is 0. The van der Waals surface area contributed by atoms with Gasteiger partial charge in [-0.3, -0.25) is 14.5 Å². The largest absolute Gasteiger partial charge is 0.503 e. The number of ether oxygens (including phenoxy) is 1. The average molecular weight is 383 g/mol. The van der Waals surface area contributed by atoms with Crippen molar-refractivity contribution in [2.75, 3.05) is 11.5 Å². The zero-order valence-electron chi connectivity index (χ0n) is 15.3. The van der Waals surface area contributed by atoms with Crippen LogP contribution in [-0.2, 0) is 14.3 Å². The number of aliphatic hydroxyl groups is 1. The van der Waals surface area contributed by atoms with Gasteiger partial charge in [0.25, 0.3) is 5.91 Å². The lowest BCUT2D eigenvalue weighted by Crippen LogP contribution is -2.31. The molecule has 0 aliphatic carbocycles. The number of aliphatic hydroxyl groups excluding tert-OH is 1. The van der Waals surface area contributed by atoms with E-state index in [0.717, 1.165) is 4.90 Å². The predicted octanol–water partition coefficient (Wildman–Crippen LogP) is 3.49. The van der Waals surface area contributed by atoms with E-state index in [-0.39, 0.29) is 23.3 Å². The van der Waals surface area contributed by atoms with E-state index in [1.807, 2.05) is 0 Å². The average Bonchev–Trinajstić information content (AvgIpc) is 2.93. The Morgan fingerprint density at radius 2 is 1.79 bits per heavy atom. The van der Waals surface area contributed by atoms with E-state index in [2.05, 4.69) is 0 Å². The number of nitrogens with zero attached hydrogens (tertiary/aromatic N) is 1. The molecule has 2 aromatic carbocycles. The number of amides is 1. The Hall–Kier alpha value is -3.48. The SMILES string of the molecule is CCOC(=O)c1ccc(N2C(=O)C(O)=C(C(C)=O)[C@H]2c2ccccc2F)cc1. The molecule has 0 saturated carbocycles. The molecule has 1 aliphatic rings. The van der Waals surface area contributed by atoms with Gasteiger partial charge in [0.2, 0.25) is 0 Å². The maximum absolute atomic E-state index is 14.5. The molecule has 1 N–H and O–H groups in total. The Morgan fingerprint density at radius 3 is 2.36 bits per heavy atom. The number of anilines is 1. The van der Waals surface area contributed by atoms with Gasteiger partial charge >= 0.3 is 5.97 Å². The Kier molecular flexibility index (Phi) is 5.26. The first-order chi connectivity index (χ1) is 13.4. The molecule has 0 saturated heterocycles. The van der Waals surface area contributed by atoms with E-state index < -0.39 is 35.3 Å². The topological polar surface area (TPSA) is 83.9 Å². The molecule has 0 radical (unpaired) electrons. The molecule has 144 valence electrons. The second-order valence-electron chi connectivity index (χ2n) is 6.19. The van der Waals surface area contributed by atoms with Crippen molar-refractivity contribution in [3.63, 3.8) is 0 Å². The first kappa shape index (κ1) is 19.3. The molecule has 0 unspecified atom stereocenters. The summed E-state index contributed by atoms with van der Waals surface area (Å²) in [6.45, 7) is 3.12. The number of Topliss-reactive ketones (excluding diaryl/α,β-unsaturated/α-hetero) is 1. The van der Waals surface area contributed by atoms with Gasteiger partial charge in [0.05, 0.1) is 23.8 Å². The Morgan fingerprint density at radius 1 is 1.14 bits per heavy atom. The van der Waals surface area contributed by atoms with Crippen molar-refractivity contribution in [1.82, 2.24) is 0 Å². The predicted molar refractivity (Wildman–Crippen MR) is 99.4 cm³/mol. The van der Waals surface area contributed by atoms with Crippen LogP contribution < -0.4 is 4.90 Å². The third-order valence-electron chi connectivity index (χ3n) is 4.44. The Balaban J connectivity index is 2.08. The summed E-state index contributed by atoms with van der Waals surface area (Å²) in [5, 5.41) is 10.3. The fourth-order valence-corrected chi connectivity index (χ4v) is 3.19. The van der Waals surface area contributed by atoms with Crippen molar-refractivity contribution in [3.8, 4) is 0 Å². The summed E-state index contributed by atoms with van der Waals surface area (Å²) in [6, 6.07) is 10.5. The monoisotopic (exact) mass is 383 g/mol. The number of hydrogen-bond acceptors (Lipinski definition) is 5. The minimum atomic E-state index is -1.11. The molecule has 6 nitrogen and oxygen atoms in total. The van der Waals surface area contributed by atoms with E-state index in [1.165, 1.54) is 49.4 Å². The van der Waals surface area contributed by atoms with Gasteiger partial charge in [-0.25, -0.2) is 9.18 Å². The van der Waals surface area contributed by atoms with E-state index in [9.17, 15) is 23.9 Å². The number of rotatable bonds is 5. The molecule has 0 bridgehead atoms. The van der Waals surface area contributed by atoms with Crippen LogP contribution in [0.3, 0.4) is 0 Å². The van der Waals surface area contributed by atoms with E-state index in [4.69, 9.17) is 4.74 Å². The van der Waals surface area contributed by atoms with Gasteiger partial charge in [0.1, 0.15) is 5.82 Å². The molecule has 1 atom stereocenters. The molecule has 28 heavy (non-hydrogen) atoms. The number of esters is 1. The van der Waals surface area contributed by atoms with Crippen LogP contribution in [-0.4, -0.2) is 29.4 Å². The van der Waals surface area contributed by atoms with Crippen molar-refractivity contribution in [2.45, 2.75) is 19.9 Å². The quantitative estimate of drug-likeness (QED) is 0.799. The minimum Gasteiger partial charge on any atom is -0.503 e. The normalized spacial score (nSPS) is 16.5. The molecule has 0 spiro atoms. The van der Waals surface area contributed by atoms with Gasteiger partial charge in [-0.05, 0) is 44.2 Å². The molecule has 0 aromatic heterocycles. The molecule has 1 aliphatic heterocycles. The van der Waals surface area contributed by atoms with Gasteiger partial charge in [-0.1, -0.05) is 18.2 Å². The molecule has 0 fully saturated rings. The van der Waals surface area contributed by atoms with Crippen LogP contribution in [0.15, 0.2) is 59.9 Å². The van der Waals surface area contributed by atoms with Crippen LogP contribution in [0.1, 0.15) is 35.8 Å². The number of benzene rings is 2. The maximum Gasteiger partial charge on any atom is 0.338 e. The molecule has 1 heterocycles. The van der Waals surface area contributed by atoms with Crippen LogP contribution in [0.2, 0.25) is 0 Å². The standard InChI is InChI=1S/C21H18FNO5/c1-3-28-21(27)13-8-10-14(11-9-13)23-18(15-6-4-5-7-16(15)22)17(12(2)24)19(25)20(23)26/h4-11,18,25H,3H2,1-2H3/t18-/m1/s1. The molecular formula is C21H18FNO5. The highest BCUT2D eigenvalue weighted by atomic mass is 19.1. The van der Waals surface area contributed by atoms with Gasteiger partial charge in [-0.2, -0.15) is 0 Å². The zero-order chi connectivity index (χ0) is 20.4. The highest BCUT2D eigenvalue weighted by molar-refractivity contribution is 6.16. The second-order valence-corrected chi connectivity index (χ2v) is 6.19. The minimum absolute atomic E-state index is 0.0829. The van der Waals surface area contributed by atoms with Gasteiger partial charge in [-0.15, -0.1) is 0 Å². The van der Waals surface area contributed by atoms with Crippen LogP contribution >= 0.6 is 0 Å². The number of hydrogen-bond donors (Lipinski definition) is 1. The fraction of sp³-hybridized carbons (Fsp3) is 0.190.